The van der Waals surface area contributed by atoms with Crippen LogP contribution in [0.2, 0.25) is 0 Å². The van der Waals surface area contributed by atoms with Crippen LogP contribution < -0.4 is 5.43 Å². The second-order valence-electron chi connectivity index (χ2n) is 2.72. The van der Waals surface area contributed by atoms with E-state index >= 15 is 0 Å². The van der Waals surface area contributed by atoms with Crippen LogP contribution in [0.1, 0.15) is 5.56 Å². The number of hydrogen-bond acceptors (Lipinski definition) is 3. The fourth-order valence-electron chi connectivity index (χ4n) is 0.826. The molecule has 1 N–H and O–H groups in total. The lowest BCUT2D eigenvalue weighted by Gasteiger charge is -2.12. The Hall–Kier alpha value is -1.09. The maximum absolute atomic E-state index is 4.13. The number of hydrogen-bond donors (Lipinski definition) is 1. The molecule has 0 saturated carbocycles. The molecule has 0 bridgehead atoms. The first kappa shape index (κ1) is 8.01. The summed E-state index contributed by atoms with van der Waals surface area (Å²) in [7, 11) is 3.87. The highest BCUT2D eigenvalue weighted by atomic mass is 15.5. The van der Waals surface area contributed by atoms with Gasteiger partial charge in [-0.25, -0.2) is 9.99 Å². The topological polar surface area (TPSA) is 28.2 Å². The van der Waals surface area contributed by atoms with Crippen molar-refractivity contribution < 1.29 is 0 Å². The first-order valence-corrected chi connectivity index (χ1v) is 3.55. The zero-order valence-electron chi connectivity index (χ0n) is 7.13. The molecular formula is C8H13N3. The van der Waals surface area contributed by atoms with Crippen molar-refractivity contribution in [1.82, 2.24) is 9.99 Å². The van der Waals surface area contributed by atoms with Crippen LogP contribution in [0.15, 0.2) is 18.3 Å². The van der Waals surface area contributed by atoms with E-state index in [0.29, 0.717) is 0 Å². The number of nitrogens with zero attached hydrogens (tertiary/aromatic N) is 2. The third-order valence-corrected chi connectivity index (χ3v) is 1.25. The second kappa shape index (κ2) is 3.34. The normalized spacial score (nSPS) is 10.2. The zero-order chi connectivity index (χ0) is 8.27. The summed E-state index contributed by atoms with van der Waals surface area (Å²) >= 11 is 0. The Kier molecular flexibility index (Phi) is 2.44. The summed E-state index contributed by atoms with van der Waals surface area (Å²) in [5.74, 6) is 0.884. The van der Waals surface area contributed by atoms with Crippen molar-refractivity contribution in [3.63, 3.8) is 0 Å². The van der Waals surface area contributed by atoms with Gasteiger partial charge in [0.2, 0.25) is 0 Å². The largest absolute Gasteiger partial charge is 0.304 e. The van der Waals surface area contributed by atoms with Crippen LogP contribution in [0.25, 0.3) is 0 Å². The maximum atomic E-state index is 4.13. The lowest BCUT2D eigenvalue weighted by Crippen LogP contribution is -2.20. The molecule has 0 spiro atoms. The van der Waals surface area contributed by atoms with Crippen molar-refractivity contribution in [2.45, 2.75) is 6.92 Å². The van der Waals surface area contributed by atoms with E-state index in [1.54, 1.807) is 6.20 Å². The SMILES string of the molecule is Cc1ccnc(NN(C)C)c1. The van der Waals surface area contributed by atoms with Crippen molar-refractivity contribution in [1.29, 1.82) is 0 Å². The minimum absolute atomic E-state index is 0.884. The number of aryl methyl sites for hydroxylation is 1. The van der Waals surface area contributed by atoms with Crippen molar-refractivity contribution >= 4 is 5.82 Å². The summed E-state index contributed by atoms with van der Waals surface area (Å²) in [5.41, 5.74) is 4.28. The smallest absolute Gasteiger partial charge is 0.140 e. The van der Waals surface area contributed by atoms with Gasteiger partial charge < -0.3 is 5.43 Å². The summed E-state index contributed by atoms with van der Waals surface area (Å²) in [4.78, 5) is 4.13. The quantitative estimate of drug-likeness (QED) is 0.645. The molecule has 0 atom stereocenters. The van der Waals surface area contributed by atoms with Crippen LogP contribution in [0, 0.1) is 6.92 Å². The first-order chi connectivity index (χ1) is 5.18. The van der Waals surface area contributed by atoms with Gasteiger partial charge in [-0.05, 0) is 24.6 Å². The Morgan fingerprint density at radius 1 is 1.45 bits per heavy atom. The Morgan fingerprint density at radius 3 is 2.73 bits per heavy atom. The first-order valence-electron chi connectivity index (χ1n) is 3.55. The third kappa shape index (κ3) is 2.55. The number of aromatic nitrogens is 1. The lowest BCUT2D eigenvalue weighted by atomic mass is 10.3. The van der Waals surface area contributed by atoms with Crippen LogP contribution in [0.5, 0.6) is 0 Å². The molecule has 0 saturated heterocycles. The molecule has 3 nitrogen and oxygen atoms in total. The van der Waals surface area contributed by atoms with Gasteiger partial charge in [0.05, 0.1) is 0 Å². The molecule has 1 aromatic rings. The molecular weight excluding hydrogens is 138 g/mol. The predicted octanol–water partition coefficient (Wildman–Crippen LogP) is 1.28. The van der Waals surface area contributed by atoms with Gasteiger partial charge in [0.1, 0.15) is 5.82 Å². The monoisotopic (exact) mass is 151 g/mol. The minimum atomic E-state index is 0.884. The fraction of sp³-hybridized carbons (Fsp3) is 0.375. The van der Waals surface area contributed by atoms with Gasteiger partial charge in [0, 0.05) is 20.3 Å². The van der Waals surface area contributed by atoms with E-state index in [4.69, 9.17) is 0 Å². The number of hydrazine groups is 1. The zero-order valence-corrected chi connectivity index (χ0v) is 7.13. The Morgan fingerprint density at radius 2 is 2.18 bits per heavy atom. The molecule has 3 heteroatoms. The predicted molar refractivity (Wildman–Crippen MR) is 46.3 cm³/mol. The average molecular weight is 151 g/mol. The van der Waals surface area contributed by atoms with Crippen LogP contribution in [-0.4, -0.2) is 24.1 Å². The van der Waals surface area contributed by atoms with E-state index in [1.165, 1.54) is 5.56 Å². The lowest BCUT2D eigenvalue weighted by molar-refractivity contribution is 0.492. The van der Waals surface area contributed by atoms with E-state index in [1.807, 2.05) is 38.2 Å². The Bertz CT molecular complexity index is 233. The summed E-state index contributed by atoms with van der Waals surface area (Å²) in [6, 6.07) is 3.97. The molecule has 0 unspecified atom stereocenters. The van der Waals surface area contributed by atoms with Gasteiger partial charge in [0.15, 0.2) is 0 Å². The molecule has 0 amide bonds. The van der Waals surface area contributed by atoms with Gasteiger partial charge in [-0.2, -0.15) is 0 Å². The van der Waals surface area contributed by atoms with Gasteiger partial charge in [-0.15, -0.1) is 0 Å². The standard InChI is InChI=1S/C8H13N3/c1-7-4-5-9-8(6-7)10-11(2)3/h4-6H,1-3H3,(H,9,10). The molecule has 0 aliphatic carbocycles. The van der Waals surface area contributed by atoms with E-state index < -0.39 is 0 Å². The number of nitrogens with one attached hydrogen (secondary N) is 1. The molecule has 60 valence electrons. The molecule has 0 aliphatic rings. The van der Waals surface area contributed by atoms with E-state index in [2.05, 4.69) is 10.4 Å². The minimum Gasteiger partial charge on any atom is -0.304 e. The van der Waals surface area contributed by atoms with Gasteiger partial charge in [0.25, 0.3) is 0 Å². The highest BCUT2D eigenvalue weighted by molar-refractivity contribution is 5.35. The Balaban J connectivity index is 2.71. The van der Waals surface area contributed by atoms with Gasteiger partial charge in [-0.3, -0.25) is 0 Å². The van der Waals surface area contributed by atoms with Crippen LogP contribution in [0.3, 0.4) is 0 Å². The highest BCUT2D eigenvalue weighted by Crippen LogP contribution is 2.04. The molecule has 0 aliphatic heterocycles. The van der Waals surface area contributed by atoms with Crippen LogP contribution >= 0.6 is 0 Å². The van der Waals surface area contributed by atoms with Crippen molar-refractivity contribution in [2.75, 3.05) is 19.5 Å². The molecule has 1 rings (SSSR count). The van der Waals surface area contributed by atoms with E-state index in [9.17, 15) is 0 Å². The number of pyridine rings is 1. The van der Waals surface area contributed by atoms with E-state index in [0.717, 1.165) is 5.82 Å². The second-order valence-corrected chi connectivity index (χ2v) is 2.72. The fourth-order valence-corrected chi connectivity index (χ4v) is 0.826. The number of rotatable bonds is 2. The average Bonchev–Trinajstić information content (AvgIpc) is 1.85. The summed E-state index contributed by atoms with van der Waals surface area (Å²) in [6.45, 7) is 2.04. The number of anilines is 1. The summed E-state index contributed by atoms with van der Waals surface area (Å²) in [5, 5.41) is 1.86. The third-order valence-electron chi connectivity index (χ3n) is 1.25. The van der Waals surface area contributed by atoms with Gasteiger partial charge in [-0.1, -0.05) is 0 Å². The molecule has 1 heterocycles. The Labute approximate surface area is 67.0 Å². The van der Waals surface area contributed by atoms with Crippen LogP contribution in [-0.2, 0) is 0 Å². The summed E-state index contributed by atoms with van der Waals surface area (Å²) < 4.78 is 0. The van der Waals surface area contributed by atoms with E-state index in [-0.39, 0.29) is 0 Å². The molecule has 1 aromatic heterocycles. The molecule has 11 heavy (non-hydrogen) atoms. The van der Waals surface area contributed by atoms with Crippen molar-refractivity contribution in [3.05, 3.63) is 23.9 Å². The maximum Gasteiger partial charge on any atom is 0.140 e. The van der Waals surface area contributed by atoms with Crippen LogP contribution in [0.4, 0.5) is 5.82 Å². The van der Waals surface area contributed by atoms with Crippen molar-refractivity contribution in [3.8, 4) is 0 Å². The molecule has 0 radical (unpaired) electrons. The van der Waals surface area contributed by atoms with Crippen molar-refractivity contribution in [2.24, 2.45) is 0 Å². The van der Waals surface area contributed by atoms with Gasteiger partial charge >= 0.3 is 0 Å². The molecule has 0 fully saturated rings. The highest BCUT2D eigenvalue weighted by Gasteiger charge is 1.92. The summed E-state index contributed by atoms with van der Waals surface area (Å²) in [6.07, 6.45) is 1.79. The molecule has 0 aromatic carbocycles.